The molecule has 4 aromatic heterocycles. The van der Waals surface area contributed by atoms with Crippen molar-refractivity contribution in [3.63, 3.8) is 0 Å². The van der Waals surface area contributed by atoms with E-state index in [1.807, 2.05) is 33.7 Å². The summed E-state index contributed by atoms with van der Waals surface area (Å²) in [5.41, 5.74) is 15.1. The number of aromatic nitrogens is 6. The van der Waals surface area contributed by atoms with Crippen LogP contribution < -0.4 is 45.8 Å². The van der Waals surface area contributed by atoms with Gasteiger partial charge < -0.3 is 41.3 Å². The number of nitrogens with two attached hydrogens (primary N) is 2. The van der Waals surface area contributed by atoms with Gasteiger partial charge in [-0.3, -0.25) is 0 Å². The molecular weight excluding hydrogens is 675 g/mol. The van der Waals surface area contributed by atoms with Crippen LogP contribution in [-0.2, 0) is 22.9 Å². The topological polar surface area (TPSA) is 161 Å². The van der Waals surface area contributed by atoms with E-state index in [1.54, 1.807) is 0 Å². The quantitative estimate of drug-likeness (QED) is 0.0857. The van der Waals surface area contributed by atoms with E-state index in [4.69, 9.17) is 42.4 Å². The second-order valence-electron chi connectivity index (χ2n) is 13.8. The number of aliphatic hydroxyl groups excluding tert-OH is 1. The van der Waals surface area contributed by atoms with Crippen LogP contribution in [0.3, 0.4) is 0 Å². The molecule has 5 N–H and O–H groups in total. The maximum atomic E-state index is 8.07. The molecule has 0 radical (unpaired) electrons. The first-order chi connectivity index (χ1) is 22.2. The molecule has 0 bridgehead atoms. The third-order valence-corrected chi connectivity index (χ3v) is 10.5. The van der Waals surface area contributed by atoms with E-state index in [2.05, 4.69) is 73.1 Å². The van der Waals surface area contributed by atoms with Crippen molar-refractivity contribution in [2.45, 2.75) is 104 Å². The van der Waals surface area contributed by atoms with Crippen LogP contribution in [0.5, 0.6) is 6.01 Å². The summed E-state index contributed by atoms with van der Waals surface area (Å²) in [6, 6.07) is 6.42. The van der Waals surface area contributed by atoms with Crippen molar-refractivity contribution in [1.29, 1.82) is 0 Å². The number of fused-ring (bicyclic) bond motifs is 2. The first-order valence-corrected chi connectivity index (χ1v) is 24.3. The van der Waals surface area contributed by atoms with E-state index in [-0.39, 0.29) is 36.3 Å². The van der Waals surface area contributed by atoms with Crippen molar-refractivity contribution in [2.75, 3.05) is 37.9 Å². The van der Waals surface area contributed by atoms with Crippen molar-refractivity contribution in [2.24, 2.45) is 0 Å². The van der Waals surface area contributed by atoms with Crippen LogP contribution in [-0.4, -0.2) is 76.8 Å². The van der Waals surface area contributed by atoms with E-state index in [1.165, 1.54) is 0 Å². The predicted octanol–water partition coefficient (Wildman–Crippen LogP) is 4.38. The normalized spacial score (nSPS) is 11.5. The molecule has 0 aliphatic carbocycles. The Bertz CT molecular complexity index is 1500. The van der Waals surface area contributed by atoms with Crippen LogP contribution in [0, 0.1) is 0 Å². The standard InChI is InChI=1S/C16H28N4O2Si.C12H19ClN4OSi.C4H10O.Na.H/c1-5-6-9-22-16-18-13-7-8-20(14(13)15(17)19-16)12-21-10-11-23(2,3)4;1-19(2,3)7-6-18-8-17-5-4-9-10(17)11(14)16-12(13)15-9;1-2-3-4-5;;/h7-8H,5-6,9-12H2,1-4H3,(H2,17,18,19);4-5H,6-8H2,1-3H3,(H2,14,15,16);5H,2-4H2,1H3;;/q;;;+1;-1. The Kier molecular flexibility index (Phi) is 20.4. The zero-order valence-electron chi connectivity index (χ0n) is 31.7. The molecule has 4 heterocycles. The van der Waals surface area contributed by atoms with Gasteiger partial charge in [0.05, 0.1) is 17.6 Å². The van der Waals surface area contributed by atoms with Gasteiger partial charge in [-0.1, -0.05) is 66.0 Å². The molecule has 0 saturated carbocycles. The molecular formula is C32H58ClN8NaO4Si2. The van der Waals surface area contributed by atoms with Crippen LogP contribution in [0.1, 0.15) is 41.0 Å². The number of hydrogen-bond donors (Lipinski definition) is 3. The van der Waals surface area contributed by atoms with Crippen molar-refractivity contribution in [3.8, 4) is 6.01 Å². The molecule has 0 unspecified atom stereocenters. The van der Waals surface area contributed by atoms with Crippen molar-refractivity contribution in [3.05, 3.63) is 29.8 Å². The Morgan fingerprint density at radius 2 is 1.23 bits per heavy atom. The number of rotatable bonds is 16. The molecule has 12 nitrogen and oxygen atoms in total. The first kappa shape index (κ1) is 44.3. The number of nitrogen functional groups attached to an aromatic ring is 2. The van der Waals surface area contributed by atoms with Crippen molar-refractivity contribution in [1.82, 2.24) is 29.1 Å². The molecule has 0 aliphatic rings. The van der Waals surface area contributed by atoms with E-state index < -0.39 is 16.1 Å². The smallest absolute Gasteiger partial charge is 1.00 e. The summed E-state index contributed by atoms with van der Waals surface area (Å²) < 4.78 is 20.9. The second-order valence-corrected chi connectivity index (χ2v) is 25.4. The van der Waals surface area contributed by atoms with Crippen molar-refractivity contribution < 1.29 is 50.3 Å². The fourth-order valence-electron chi connectivity index (χ4n) is 4.05. The Morgan fingerprint density at radius 3 is 1.67 bits per heavy atom. The number of hydrogen-bond acceptors (Lipinski definition) is 10. The van der Waals surface area contributed by atoms with Gasteiger partial charge in [-0.15, -0.1) is 0 Å². The van der Waals surface area contributed by atoms with Gasteiger partial charge in [0.1, 0.15) is 24.5 Å². The average Bonchev–Trinajstić information content (AvgIpc) is 3.58. The van der Waals surface area contributed by atoms with Crippen LogP contribution in [0.25, 0.3) is 22.1 Å². The molecule has 48 heavy (non-hydrogen) atoms. The predicted molar refractivity (Wildman–Crippen MR) is 201 cm³/mol. The van der Waals surface area contributed by atoms with Gasteiger partial charge in [-0.25, -0.2) is 4.98 Å². The Labute approximate surface area is 317 Å². The summed E-state index contributed by atoms with van der Waals surface area (Å²) in [6.45, 7) is 21.6. The van der Waals surface area contributed by atoms with Gasteiger partial charge in [0.2, 0.25) is 5.28 Å². The Balaban J connectivity index is 0.000000807. The van der Waals surface area contributed by atoms with E-state index >= 15 is 0 Å². The third-order valence-electron chi connectivity index (χ3n) is 6.92. The molecule has 4 aromatic rings. The fourth-order valence-corrected chi connectivity index (χ4v) is 5.74. The Morgan fingerprint density at radius 1 is 0.750 bits per heavy atom. The summed E-state index contributed by atoms with van der Waals surface area (Å²) in [4.78, 5) is 16.8. The van der Waals surface area contributed by atoms with Gasteiger partial charge in [0.25, 0.3) is 0 Å². The van der Waals surface area contributed by atoms with Crippen LogP contribution in [0.4, 0.5) is 11.6 Å². The van der Waals surface area contributed by atoms with E-state index in [0.29, 0.717) is 44.3 Å². The molecule has 0 atom stereocenters. The zero-order chi connectivity index (χ0) is 35.0. The molecule has 0 saturated heterocycles. The summed E-state index contributed by atoms with van der Waals surface area (Å²) in [6.07, 6.45) is 7.91. The van der Waals surface area contributed by atoms with E-state index in [9.17, 15) is 0 Å². The number of ether oxygens (including phenoxy) is 3. The van der Waals surface area contributed by atoms with Gasteiger partial charge >= 0.3 is 35.6 Å². The minimum Gasteiger partial charge on any atom is -1.00 e. The SMILES string of the molecule is CCCCO.CCCCOc1nc(N)c2c(ccn2COCC[Si](C)(C)C)n1.C[Si](C)(C)CCOCn1ccc2nc(Cl)nc(N)c21.[H-].[Na+]. The third kappa shape index (κ3) is 16.3. The van der Waals surface area contributed by atoms with Gasteiger partial charge in [0.15, 0.2) is 11.6 Å². The average molecular weight is 733 g/mol. The first-order valence-electron chi connectivity index (χ1n) is 16.5. The molecule has 4 rings (SSSR count). The van der Waals surface area contributed by atoms with Crippen molar-refractivity contribution >= 4 is 61.5 Å². The molecule has 0 amide bonds. The summed E-state index contributed by atoms with van der Waals surface area (Å²) >= 11 is 5.77. The fraction of sp³-hybridized carbons (Fsp3) is 0.625. The van der Waals surface area contributed by atoms with E-state index in [0.717, 1.165) is 73.1 Å². The minimum absolute atomic E-state index is 0. The molecule has 0 fully saturated rings. The largest absolute Gasteiger partial charge is 1.00 e. The summed E-state index contributed by atoms with van der Waals surface area (Å²) in [7, 11) is -2.12. The molecule has 266 valence electrons. The second kappa shape index (κ2) is 22.1. The minimum atomic E-state index is -1.07. The summed E-state index contributed by atoms with van der Waals surface area (Å²) in [5, 5.41) is 8.24. The maximum Gasteiger partial charge on any atom is 1.00 e. The zero-order valence-corrected chi connectivity index (χ0v) is 35.4. The van der Waals surface area contributed by atoms with Crippen LogP contribution in [0.15, 0.2) is 24.5 Å². The number of nitrogens with zero attached hydrogens (tertiary/aromatic N) is 6. The number of aliphatic hydroxyl groups is 1. The molecule has 0 spiro atoms. The molecule has 16 heteroatoms. The number of unbranched alkanes of at least 4 members (excludes halogenated alkanes) is 2. The monoisotopic (exact) mass is 732 g/mol. The molecule has 0 aromatic carbocycles. The van der Waals surface area contributed by atoms with Crippen LogP contribution >= 0.6 is 11.6 Å². The summed E-state index contributed by atoms with van der Waals surface area (Å²) in [5.74, 6) is 0.814. The van der Waals surface area contributed by atoms with Crippen LogP contribution in [0.2, 0.25) is 56.7 Å². The number of halogens is 1. The Hall–Kier alpha value is -1.76. The maximum absolute atomic E-state index is 8.07. The number of anilines is 2. The molecule has 0 aliphatic heterocycles. The van der Waals surface area contributed by atoms with Gasteiger partial charge in [-0.2, -0.15) is 15.0 Å². The van der Waals surface area contributed by atoms with Gasteiger partial charge in [0, 0.05) is 48.4 Å². The van der Waals surface area contributed by atoms with Gasteiger partial charge in [-0.05, 0) is 48.7 Å².